The predicted molar refractivity (Wildman–Crippen MR) is 141 cm³/mol. The molecule has 3 heterocycles. The van der Waals surface area contributed by atoms with Crippen molar-refractivity contribution in [2.45, 2.75) is 32.6 Å². The van der Waals surface area contributed by atoms with Gasteiger partial charge in [0.25, 0.3) is 5.56 Å². The summed E-state index contributed by atoms with van der Waals surface area (Å²) in [5.74, 6) is 0.732. The SMILES string of the molecule is C=N/N=c1/cc(CC(C)CN2CC3(CC(Cc4ccc(Cl)c5c(=O)n(C)ncc45)C3)C2)c(F)cn1C. The highest BCUT2D eigenvalue weighted by atomic mass is 35.5. The number of nitrogens with zero attached hydrogens (tertiary/aromatic N) is 6. The molecule has 1 atom stereocenters. The minimum absolute atomic E-state index is 0.152. The average molecular weight is 511 g/mol. The molecule has 1 spiro atoms. The van der Waals surface area contributed by atoms with Crippen molar-refractivity contribution in [3.63, 3.8) is 0 Å². The van der Waals surface area contributed by atoms with Crippen LogP contribution in [0, 0.1) is 23.1 Å². The van der Waals surface area contributed by atoms with Crippen LogP contribution in [0.1, 0.15) is 30.9 Å². The number of hydrogen-bond donors (Lipinski definition) is 0. The molecule has 36 heavy (non-hydrogen) atoms. The fraction of sp³-hybridized carbons (Fsp3) is 0.481. The molecule has 9 heteroatoms. The van der Waals surface area contributed by atoms with E-state index in [-0.39, 0.29) is 11.4 Å². The van der Waals surface area contributed by atoms with E-state index < -0.39 is 0 Å². The number of benzene rings is 1. The Morgan fingerprint density at radius 3 is 2.75 bits per heavy atom. The van der Waals surface area contributed by atoms with Crippen LogP contribution in [0.5, 0.6) is 0 Å². The molecule has 1 saturated carbocycles. The lowest BCUT2D eigenvalue weighted by Gasteiger charge is -2.60. The van der Waals surface area contributed by atoms with Crippen molar-refractivity contribution in [1.82, 2.24) is 19.2 Å². The fourth-order valence-electron chi connectivity index (χ4n) is 6.30. The number of hydrogen-bond acceptors (Lipinski definition) is 5. The molecule has 190 valence electrons. The summed E-state index contributed by atoms with van der Waals surface area (Å²) in [5, 5.41) is 13.7. The summed E-state index contributed by atoms with van der Waals surface area (Å²) in [6.07, 6.45) is 7.22. The third kappa shape index (κ3) is 4.64. The van der Waals surface area contributed by atoms with Gasteiger partial charge in [0, 0.05) is 52.0 Å². The lowest BCUT2D eigenvalue weighted by molar-refractivity contribution is -0.0980. The third-order valence-corrected chi connectivity index (χ3v) is 8.13. The zero-order valence-electron chi connectivity index (χ0n) is 21.0. The van der Waals surface area contributed by atoms with Gasteiger partial charge in [-0.2, -0.15) is 10.2 Å². The molecule has 5 rings (SSSR count). The Hall–Kier alpha value is -2.84. The Kier molecular flexibility index (Phi) is 6.59. The van der Waals surface area contributed by atoms with Gasteiger partial charge in [-0.15, -0.1) is 5.10 Å². The van der Waals surface area contributed by atoms with Crippen molar-refractivity contribution in [2.24, 2.45) is 41.5 Å². The number of aromatic nitrogens is 3. The first kappa shape index (κ1) is 24.8. The highest BCUT2D eigenvalue weighted by molar-refractivity contribution is 6.35. The van der Waals surface area contributed by atoms with Gasteiger partial charge in [-0.05, 0) is 66.2 Å². The highest BCUT2D eigenvalue weighted by Gasteiger charge is 2.51. The molecule has 7 nitrogen and oxygen atoms in total. The maximum atomic E-state index is 14.5. The summed E-state index contributed by atoms with van der Waals surface area (Å²) >= 11 is 6.33. The lowest BCUT2D eigenvalue weighted by Crippen LogP contribution is -2.63. The molecular formula is C27H32ClFN6O. The van der Waals surface area contributed by atoms with Crippen molar-refractivity contribution < 1.29 is 4.39 Å². The molecule has 1 saturated heterocycles. The van der Waals surface area contributed by atoms with E-state index in [1.54, 1.807) is 30.9 Å². The Morgan fingerprint density at radius 1 is 1.28 bits per heavy atom. The number of pyridine rings is 1. The van der Waals surface area contributed by atoms with Crippen LogP contribution < -0.4 is 11.0 Å². The summed E-state index contributed by atoms with van der Waals surface area (Å²) in [6.45, 7) is 8.73. The van der Waals surface area contributed by atoms with Crippen LogP contribution in [0.15, 0.2) is 45.6 Å². The minimum Gasteiger partial charge on any atom is -0.332 e. The zero-order valence-corrected chi connectivity index (χ0v) is 21.8. The van der Waals surface area contributed by atoms with Crippen molar-refractivity contribution in [3.8, 4) is 0 Å². The Labute approximate surface area is 214 Å². The summed E-state index contributed by atoms with van der Waals surface area (Å²) < 4.78 is 17.4. The molecule has 1 unspecified atom stereocenters. The molecule has 1 aromatic carbocycles. The minimum atomic E-state index is -0.211. The van der Waals surface area contributed by atoms with E-state index in [9.17, 15) is 9.18 Å². The molecule has 0 amide bonds. The molecule has 2 aromatic heterocycles. The topological polar surface area (TPSA) is 67.8 Å². The zero-order chi connectivity index (χ0) is 25.6. The van der Waals surface area contributed by atoms with Gasteiger partial charge in [-0.25, -0.2) is 9.07 Å². The van der Waals surface area contributed by atoms with E-state index in [0.29, 0.717) is 45.1 Å². The first-order valence-electron chi connectivity index (χ1n) is 12.4. The van der Waals surface area contributed by atoms with Crippen LogP contribution in [-0.2, 0) is 26.9 Å². The van der Waals surface area contributed by atoms with Gasteiger partial charge in [0.15, 0.2) is 5.49 Å². The molecule has 3 aromatic rings. The van der Waals surface area contributed by atoms with Gasteiger partial charge in [-0.1, -0.05) is 24.6 Å². The van der Waals surface area contributed by atoms with Gasteiger partial charge in [0.05, 0.1) is 16.6 Å². The van der Waals surface area contributed by atoms with Crippen molar-refractivity contribution >= 4 is 29.1 Å². The largest absolute Gasteiger partial charge is 0.332 e. The number of aryl methyl sites for hydroxylation is 2. The normalized spacial score (nSPS) is 18.9. The van der Waals surface area contributed by atoms with Crippen LogP contribution in [-0.4, -0.2) is 45.6 Å². The molecular weight excluding hydrogens is 479 g/mol. The molecule has 1 aliphatic carbocycles. The van der Waals surface area contributed by atoms with Gasteiger partial charge in [-0.3, -0.25) is 4.79 Å². The van der Waals surface area contributed by atoms with E-state index in [1.807, 2.05) is 12.1 Å². The van der Waals surface area contributed by atoms with E-state index >= 15 is 0 Å². The van der Waals surface area contributed by atoms with Gasteiger partial charge in [0.2, 0.25) is 0 Å². The molecule has 1 aliphatic heterocycles. The first-order chi connectivity index (χ1) is 17.2. The maximum absolute atomic E-state index is 14.5. The summed E-state index contributed by atoms with van der Waals surface area (Å²) in [7, 11) is 3.40. The lowest BCUT2D eigenvalue weighted by atomic mass is 9.56. The van der Waals surface area contributed by atoms with Crippen LogP contribution in [0.4, 0.5) is 4.39 Å². The average Bonchev–Trinajstić information content (AvgIpc) is 2.78. The highest BCUT2D eigenvalue weighted by Crippen LogP contribution is 2.53. The van der Waals surface area contributed by atoms with Crippen LogP contribution in [0.2, 0.25) is 5.02 Å². The predicted octanol–water partition coefficient (Wildman–Crippen LogP) is 3.71. The number of fused-ring (bicyclic) bond motifs is 1. The fourth-order valence-corrected chi connectivity index (χ4v) is 6.55. The third-order valence-electron chi connectivity index (χ3n) is 7.81. The second-order valence-corrected chi connectivity index (χ2v) is 11.3. The number of halogens is 2. The second-order valence-electron chi connectivity index (χ2n) is 10.9. The molecule has 2 aliphatic rings. The monoisotopic (exact) mass is 510 g/mol. The standard InChI is InChI=1S/C27H32ClFN6O/c1-17(7-20-9-24(32-30-2)33(3)14-23(20)29)13-35-15-27(16-35)10-18(11-27)8-19-5-6-22(28)25-21(19)12-31-34(4)26(25)36/h5-6,9,12,14,17-18H,2,7-8,10-11,13,15-16H2,1,3-4H3/b32-24-. The van der Waals surface area contributed by atoms with Crippen molar-refractivity contribution in [3.05, 3.63) is 68.4 Å². The van der Waals surface area contributed by atoms with Crippen LogP contribution in [0.3, 0.4) is 0 Å². The first-order valence-corrected chi connectivity index (χ1v) is 12.8. The van der Waals surface area contributed by atoms with Crippen LogP contribution in [0.25, 0.3) is 10.8 Å². The number of likely N-dealkylation sites (tertiary alicyclic amines) is 1. The smallest absolute Gasteiger partial charge is 0.275 e. The molecule has 0 N–H and O–H groups in total. The van der Waals surface area contributed by atoms with E-state index in [0.717, 1.165) is 37.0 Å². The molecule has 2 fully saturated rings. The Morgan fingerprint density at radius 2 is 2.03 bits per heavy atom. The second kappa shape index (κ2) is 9.56. The van der Waals surface area contributed by atoms with Crippen molar-refractivity contribution in [1.29, 1.82) is 0 Å². The summed E-state index contributed by atoms with van der Waals surface area (Å²) in [6, 6.07) is 5.64. The number of rotatable bonds is 7. The Balaban J connectivity index is 1.15. The van der Waals surface area contributed by atoms with E-state index in [2.05, 4.69) is 33.8 Å². The molecule has 0 radical (unpaired) electrons. The van der Waals surface area contributed by atoms with Crippen molar-refractivity contribution in [2.75, 3.05) is 19.6 Å². The van der Waals surface area contributed by atoms with E-state index in [1.165, 1.54) is 23.7 Å². The van der Waals surface area contributed by atoms with Gasteiger partial charge >= 0.3 is 0 Å². The summed E-state index contributed by atoms with van der Waals surface area (Å²) in [4.78, 5) is 15.0. The van der Waals surface area contributed by atoms with Crippen LogP contribution >= 0.6 is 11.6 Å². The van der Waals surface area contributed by atoms with E-state index in [4.69, 9.17) is 11.6 Å². The Bertz CT molecular complexity index is 1450. The quantitative estimate of drug-likeness (QED) is 0.359. The molecule has 0 bridgehead atoms. The maximum Gasteiger partial charge on any atom is 0.275 e. The van der Waals surface area contributed by atoms with Gasteiger partial charge < -0.3 is 9.47 Å². The summed E-state index contributed by atoms with van der Waals surface area (Å²) in [5.41, 5.74) is 2.68. The van der Waals surface area contributed by atoms with Gasteiger partial charge in [0.1, 0.15) is 5.82 Å².